The van der Waals surface area contributed by atoms with Crippen LogP contribution in [0.4, 0.5) is 5.95 Å². The van der Waals surface area contributed by atoms with Crippen molar-refractivity contribution in [1.29, 1.82) is 0 Å². The Morgan fingerprint density at radius 3 is 2.50 bits per heavy atom. The second kappa shape index (κ2) is 4.26. The standard InChI is InChI=1S/C14H20N6/c1-9-10(2)17-18-13(16-9)20-8-14(3,4)11(20)12-15-6-7-19(12)5/h6-7,11H,8H2,1-5H3/t11-/m1/s1. The van der Waals surface area contributed by atoms with Crippen LogP contribution < -0.4 is 4.90 Å². The summed E-state index contributed by atoms with van der Waals surface area (Å²) >= 11 is 0. The zero-order valence-corrected chi connectivity index (χ0v) is 12.6. The quantitative estimate of drug-likeness (QED) is 0.834. The Bertz CT molecular complexity index is 645. The Kier molecular flexibility index (Phi) is 2.77. The van der Waals surface area contributed by atoms with Crippen molar-refractivity contribution in [2.24, 2.45) is 12.5 Å². The van der Waals surface area contributed by atoms with Crippen LogP contribution in [0.3, 0.4) is 0 Å². The first kappa shape index (κ1) is 13.0. The van der Waals surface area contributed by atoms with Gasteiger partial charge in [0.25, 0.3) is 0 Å². The lowest BCUT2D eigenvalue weighted by molar-refractivity contribution is 0.165. The number of nitrogens with zero attached hydrogens (tertiary/aromatic N) is 6. The van der Waals surface area contributed by atoms with Crippen LogP contribution in [0.25, 0.3) is 0 Å². The first-order valence-electron chi connectivity index (χ1n) is 6.82. The zero-order chi connectivity index (χ0) is 14.5. The van der Waals surface area contributed by atoms with Crippen molar-refractivity contribution in [3.05, 3.63) is 29.6 Å². The molecule has 3 rings (SSSR count). The number of aryl methyl sites for hydroxylation is 3. The zero-order valence-electron chi connectivity index (χ0n) is 12.6. The summed E-state index contributed by atoms with van der Waals surface area (Å²) in [5.74, 6) is 1.74. The molecule has 6 heteroatoms. The molecule has 1 fully saturated rings. The molecule has 1 aliphatic heterocycles. The second-order valence-electron chi connectivity index (χ2n) is 6.20. The molecule has 1 aliphatic rings. The van der Waals surface area contributed by atoms with Crippen molar-refractivity contribution >= 4 is 5.95 Å². The molecule has 106 valence electrons. The van der Waals surface area contributed by atoms with Crippen LogP contribution in [-0.2, 0) is 7.05 Å². The van der Waals surface area contributed by atoms with E-state index in [0.717, 1.165) is 23.8 Å². The first-order chi connectivity index (χ1) is 9.40. The lowest BCUT2D eigenvalue weighted by Crippen LogP contribution is -2.57. The SMILES string of the molecule is Cc1nnc(N2CC(C)(C)[C@H]2c2nccn2C)nc1C. The molecule has 0 N–H and O–H groups in total. The van der Waals surface area contributed by atoms with Crippen molar-refractivity contribution in [3.63, 3.8) is 0 Å². The number of anilines is 1. The number of hydrogen-bond acceptors (Lipinski definition) is 5. The molecular formula is C14H20N6. The van der Waals surface area contributed by atoms with Gasteiger partial charge in [0.2, 0.25) is 5.95 Å². The van der Waals surface area contributed by atoms with Crippen molar-refractivity contribution < 1.29 is 0 Å². The van der Waals surface area contributed by atoms with Gasteiger partial charge < -0.3 is 9.47 Å². The number of aromatic nitrogens is 5. The van der Waals surface area contributed by atoms with Gasteiger partial charge in [-0.15, -0.1) is 5.10 Å². The maximum absolute atomic E-state index is 4.57. The van der Waals surface area contributed by atoms with E-state index in [1.165, 1.54) is 0 Å². The van der Waals surface area contributed by atoms with Crippen molar-refractivity contribution in [3.8, 4) is 0 Å². The Balaban J connectivity index is 1.98. The number of hydrogen-bond donors (Lipinski definition) is 0. The van der Waals surface area contributed by atoms with E-state index >= 15 is 0 Å². The van der Waals surface area contributed by atoms with Gasteiger partial charge >= 0.3 is 0 Å². The normalized spacial score (nSPS) is 20.9. The third kappa shape index (κ3) is 1.87. The van der Waals surface area contributed by atoms with E-state index in [1.54, 1.807) is 0 Å². The molecule has 20 heavy (non-hydrogen) atoms. The molecule has 0 aromatic carbocycles. The molecule has 0 bridgehead atoms. The lowest BCUT2D eigenvalue weighted by Gasteiger charge is -2.53. The van der Waals surface area contributed by atoms with E-state index in [4.69, 9.17) is 0 Å². The maximum atomic E-state index is 4.57. The molecule has 2 aromatic heterocycles. The molecule has 1 atom stereocenters. The molecule has 0 unspecified atom stereocenters. The fraction of sp³-hybridized carbons (Fsp3) is 0.571. The Labute approximate surface area is 118 Å². The summed E-state index contributed by atoms with van der Waals surface area (Å²) < 4.78 is 2.06. The van der Waals surface area contributed by atoms with Crippen LogP contribution in [0.5, 0.6) is 0 Å². The molecule has 6 nitrogen and oxygen atoms in total. The van der Waals surface area contributed by atoms with Gasteiger partial charge in [0.1, 0.15) is 5.82 Å². The van der Waals surface area contributed by atoms with Gasteiger partial charge in [0.15, 0.2) is 0 Å². The van der Waals surface area contributed by atoms with E-state index in [1.807, 2.05) is 33.3 Å². The number of imidazole rings is 1. The molecule has 0 spiro atoms. The third-order valence-corrected chi connectivity index (χ3v) is 4.07. The first-order valence-corrected chi connectivity index (χ1v) is 6.82. The molecule has 0 radical (unpaired) electrons. The highest BCUT2D eigenvalue weighted by atomic mass is 15.4. The van der Waals surface area contributed by atoms with E-state index in [0.29, 0.717) is 5.95 Å². The van der Waals surface area contributed by atoms with Crippen molar-refractivity contribution in [2.45, 2.75) is 33.7 Å². The highest BCUT2D eigenvalue weighted by Crippen LogP contribution is 2.48. The van der Waals surface area contributed by atoms with Gasteiger partial charge in [-0.05, 0) is 13.8 Å². The molecule has 2 aromatic rings. The van der Waals surface area contributed by atoms with E-state index < -0.39 is 0 Å². The van der Waals surface area contributed by atoms with Crippen LogP contribution in [-0.4, -0.2) is 31.3 Å². The smallest absolute Gasteiger partial charge is 0.246 e. The second-order valence-corrected chi connectivity index (χ2v) is 6.20. The largest absolute Gasteiger partial charge is 0.336 e. The average molecular weight is 272 g/mol. The van der Waals surface area contributed by atoms with Crippen LogP contribution in [0.1, 0.15) is 37.1 Å². The molecule has 0 aliphatic carbocycles. The highest BCUT2D eigenvalue weighted by molar-refractivity contribution is 5.41. The summed E-state index contributed by atoms with van der Waals surface area (Å²) in [6.07, 6.45) is 3.81. The Morgan fingerprint density at radius 1 is 1.20 bits per heavy atom. The Hall–Kier alpha value is -1.98. The molecular weight excluding hydrogens is 252 g/mol. The number of rotatable bonds is 2. The predicted octanol–water partition coefficient (Wildman–Crippen LogP) is 1.81. The Morgan fingerprint density at radius 2 is 1.95 bits per heavy atom. The fourth-order valence-corrected chi connectivity index (χ4v) is 2.81. The van der Waals surface area contributed by atoms with Gasteiger partial charge in [-0.2, -0.15) is 5.10 Å². The summed E-state index contributed by atoms with van der Waals surface area (Å²) in [6, 6.07) is 0.186. The summed E-state index contributed by atoms with van der Waals surface area (Å²) in [5, 5.41) is 8.43. The monoisotopic (exact) mass is 272 g/mol. The van der Waals surface area contributed by atoms with Crippen LogP contribution in [0.2, 0.25) is 0 Å². The molecule has 0 amide bonds. The van der Waals surface area contributed by atoms with Gasteiger partial charge in [-0.3, -0.25) is 0 Å². The maximum Gasteiger partial charge on any atom is 0.246 e. The van der Waals surface area contributed by atoms with Crippen LogP contribution >= 0.6 is 0 Å². The minimum Gasteiger partial charge on any atom is -0.336 e. The van der Waals surface area contributed by atoms with Gasteiger partial charge in [0.05, 0.1) is 17.4 Å². The van der Waals surface area contributed by atoms with Gasteiger partial charge in [-0.25, -0.2) is 9.97 Å². The summed E-state index contributed by atoms with van der Waals surface area (Å²) in [6.45, 7) is 9.30. The third-order valence-electron chi connectivity index (χ3n) is 4.07. The molecule has 3 heterocycles. The lowest BCUT2D eigenvalue weighted by atomic mass is 9.74. The summed E-state index contributed by atoms with van der Waals surface area (Å²) in [5.41, 5.74) is 1.96. The average Bonchev–Trinajstić information content (AvgIpc) is 2.76. The van der Waals surface area contributed by atoms with Gasteiger partial charge in [0, 0.05) is 31.4 Å². The van der Waals surface area contributed by atoms with E-state index in [2.05, 4.69) is 43.5 Å². The molecule has 1 saturated heterocycles. The molecule has 0 saturated carbocycles. The van der Waals surface area contributed by atoms with Crippen molar-refractivity contribution in [1.82, 2.24) is 24.7 Å². The van der Waals surface area contributed by atoms with Crippen molar-refractivity contribution in [2.75, 3.05) is 11.4 Å². The summed E-state index contributed by atoms with van der Waals surface area (Å²) in [7, 11) is 2.02. The van der Waals surface area contributed by atoms with Gasteiger partial charge in [-0.1, -0.05) is 13.8 Å². The minimum absolute atomic E-state index is 0.154. The summed E-state index contributed by atoms with van der Waals surface area (Å²) in [4.78, 5) is 11.2. The minimum atomic E-state index is 0.154. The highest BCUT2D eigenvalue weighted by Gasteiger charge is 2.49. The van der Waals surface area contributed by atoms with Crippen LogP contribution in [0.15, 0.2) is 12.4 Å². The van der Waals surface area contributed by atoms with E-state index in [9.17, 15) is 0 Å². The fourth-order valence-electron chi connectivity index (χ4n) is 2.81. The van der Waals surface area contributed by atoms with E-state index in [-0.39, 0.29) is 11.5 Å². The topological polar surface area (TPSA) is 59.7 Å². The van der Waals surface area contributed by atoms with Crippen LogP contribution in [0, 0.1) is 19.3 Å². The predicted molar refractivity (Wildman–Crippen MR) is 76.4 cm³/mol.